The third kappa shape index (κ3) is 3.10. The van der Waals surface area contributed by atoms with Crippen molar-refractivity contribution in [2.75, 3.05) is 19.8 Å². The lowest BCUT2D eigenvalue weighted by molar-refractivity contribution is 0.153. The Labute approximate surface area is 86.7 Å². The van der Waals surface area contributed by atoms with E-state index in [1.54, 1.807) is 5.57 Å². The molecule has 0 saturated heterocycles. The summed E-state index contributed by atoms with van der Waals surface area (Å²) >= 11 is 0. The maximum Gasteiger partial charge on any atom is 0.0650 e. The predicted octanol–water partition coefficient (Wildman–Crippen LogP) is 2.26. The van der Waals surface area contributed by atoms with E-state index in [-0.39, 0.29) is 0 Å². The largest absolute Gasteiger partial charge is 0.377 e. The van der Waals surface area contributed by atoms with Crippen LogP contribution in [0.1, 0.15) is 38.5 Å². The Hall–Kier alpha value is -0.340. The van der Waals surface area contributed by atoms with Gasteiger partial charge in [0.05, 0.1) is 13.2 Å². The van der Waals surface area contributed by atoms with Gasteiger partial charge in [-0.3, -0.25) is 0 Å². The lowest BCUT2D eigenvalue weighted by Gasteiger charge is -2.15. The molecule has 1 heterocycles. The van der Waals surface area contributed by atoms with Crippen molar-refractivity contribution >= 4 is 0 Å². The number of nitrogens with one attached hydrogen (secondary N) is 1. The van der Waals surface area contributed by atoms with Crippen molar-refractivity contribution in [2.45, 2.75) is 44.6 Å². The molecule has 1 aliphatic heterocycles. The van der Waals surface area contributed by atoms with Crippen molar-refractivity contribution in [3.05, 3.63) is 11.6 Å². The van der Waals surface area contributed by atoms with E-state index in [9.17, 15) is 0 Å². The minimum Gasteiger partial charge on any atom is -0.377 e. The van der Waals surface area contributed by atoms with Gasteiger partial charge in [-0.1, -0.05) is 24.5 Å². The normalized spacial score (nSPS) is 23.9. The van der Waals surface area contributed by atoms with Crippen molar-refractivity contribution in [2.24, 2.45) is 0 Å². The molecule has 1 N–H and O–H groups in total. The Morgan fingerprint density at radius 2 is 2.21 bits per heavy atom. The van der Waals surface area contributed by atoms with Crippen molar-refractivity contribution in [1.29, 1.82) is 0 Å². The zero-order chi connectivity index (χ0) is 9.64. The van der Waals surface area contributed by atoms with Gasteiger partial charge >= 0.3 is 0 Å². The Balaban J connectivity index is 1.59. The molecule has 0 aromatic carbocycles. The molecule has 0 aromatic rings. The predicted molar refractivity (Wildman–Crippen MR) is 58.4 cm³/mol. The van der Waals surface area contributed by atoms with Gasteiger partial charge in [0, 0.05) is 6.04 Å². The van der Waals surface area contributed by atoms with Gasteiger partial charge in [-0.15, -0.1) is 0 Å². The highest BCUT2D eigenvalue weighted by atomic mass is 16.5. The van der Waals surface area contributed by atoms with E-state index < -0.39 is 0 Å². The molecule has 2 heteroatoms. The molecule has 0 amide bonds. The molecule has 14 heavy (non-hydrogen) atoms. The maximum atomic E-state index is 5.28. The molecule has 80 valence electrons. The van der Waals surface area contributed by atoms with Gasteiger partial charge in [-0.2, -0.15) is 0 Å². The fourth-order valence-electron chi connectivity index (χ4n) is 2.36. The molecule has 1 aliphatic carbocycles. The second-order valence-corrected chi connectivity index (χ2v) is 4.37. The molecule has 1 saturated carbocycles. The number of hydrogen-bond acceptors (Lipinski definition) is 2. The molecule has 2 rings (SSSR count). The number of ether oxygens (including phenoxy) is 1. The first-order chi connectivity index (χ1) is 6.95. The molecule has 0 bridgehead atoms. The van der Waals surface area contributed by atoms with Crippen LogP contribution in [0.15, 0.2) is 11.6 Å². The van der Waals surface area contributed by atoms with Crippen LogP contribution >= 0.6 is 0 Å². The summed E-state index contributed by atoms with van der Waals surface area (Å²) in [5, 5.41) is 3.65. The van der Waals surface area contributed by atoms with Crippen LogP contribution in [0.5, 0.6) is 0 Å². The maximum absolute atomic E-state index is 5.28. The first-order valence-corrected chi connectivity index (χ1v) is 5.94. The van der Waals surface area contributed by atoms with Gasteiger partial charge in [-0.25, -0.2) is 0 Å². The minimum absolute atomic E-state index is 0.815. The van der Waals surface area contributed by atoms with Crippen LogP contribution in [0.3, 0.4) is 0 Å². The Morgan fingerprint density at radius 1 is 1.36 bits per heavy atom. The van der Waals surface area contributed by atoms with Gasteiger partial charge < -0.3 is 10.1 Å². The lowest BCUT2D eigenvalue weighted by atomic mass is 10.1. The van der Waals surface area contributed by atoms with Crippen LogP contribution in [-0.4, -0.2) is 25.8 Å². The average molecular weight is 195 g/mol. The van der Waals surface area contributed by atoms with Crippen LogP contribution in [0.25, 0.3) is 0 Å². The monoisotopic (exact) mass is 195 g/mol. The third-order valence-corrected chi connectivity index (χ3v) is 3.29. The van der Waals surface area contributed by atoms with Crippen molar-refractivity contribution in [3.63, 3.8) is 0 Å². The molecule has 0 radical (unpaired) electrons. The molecule has 0 aromatic heterocycles. The quantitative estimate of drug-likeness (QED) is 0.695. The Bertz CT molecular complexity index is 194. The highest BCUT2D eigenvalue weighted by molar-refractivity contribution is 5.04. The SMILES string of the molecule is C1=C(CCNC2CCCC2)CCOC1. The van der Waals surface area contributed by atoms with Gasteiger partial charge in [-0.05, 0) is 32.2 Å². The molecule has 1 fully saturated rings. The van der Waals surface area contributed by atoms with Gasteiger partial charge in [0.15, 0.2) is 0 Å². The van der Waals surface area contributed by atoms with E-state index in [1.807, 2.05) is 0 Å². The summed E-state index contributed by atoms with van der Waals surface area (Å²) in [6.07, 6.45) is 10.2. The van der Waals surface area contributed by atoms with Crippen LogP contribution in [0.2, 0.25) is 0 Å². The summed E-state index contributed by atoms with van der Waals surface area (Å²) in [7, 11) is 0. The second kappa shape index (κ2) is 5.52. The van der Waals surface area contributed by atoms with E-state index in [2.05, 4.69) is 11.4 Å². The number of hydrogen-bond donors (Lipinski definition) is 1. The minimum atomic E-state index is 0.815. The van der Waals surface area contributed by atoms with Crippen molar-refractivity contribution in [1.82, 2.24) is 5.32 Å². The molecule has 0 unspecified atom stereocenters. The third-order valence-electron chi connectivity index (χ3n) is 3.29. The fourth-order valence-corrected chi connectivity index (χ4v) is 2.36. The smallest absolute Gasteiger partial charge is 0.0650 e. The second-order valence-electron chi connectivity index (χ2n) is 4.37. The zero-order valence-corrected chi connectivity index (χ0v) is 8.93. The number of rotatable bonds is 4. The summed E-state index contributed by atoms with van der Waals surface area (Å²) in [5.74, 6) is 0. The van der Waals surface area contributed by atoms with Crippen molar-refractivity contribution in [3.8, 4) is 0 Å². The lowest BCUT2D eigenvalue weighted by Crippen LogP contribution is -2.27. The summed E-state index contributed by atoms with van der Waals surface area (Å²) < 4.78 is 5.28. The average Bonchev–Trinajstić information content (AvgIpc) is 2.72. The van der Waals surface area contributed by atoms with E-state index in [4.69, 9.17) is 4.74 Å². The van der Waals surface area contributed by atoms with Gasteiger partial charge in [0.2, 0.25) is 0 Å². The molecule has 0 spiro atoms. The van der Waals surface area contributed by atoms with Crippen LogP contribution in [-0.2, 0) is 4.74 Å². The fraction of sp³-hybridized carbons (Fsp3) is 0.833. The molecule has 0 atom stereocenters. The van der Waals surface area contributed by atoms with E-state index in [0.717, 1.165) is 32.2 Å². The van der Waals surface area contributed by atoms with Crippen LogP contribution in [0, 0.1) is 0 Å². The highest BCUT2D eigenvalue weighted by Crippen LogP contribution is 2.18. The molecular formula is C12H21NO. The Morgan fingerprint density at radius 3 is 2.93 bits per heavy atom. The summed E-state index contributed by atoms with van der Waals surface area (Å²) in [5.41, 5.74) is 1.58. The van der Waals surface area contributed by atoms with Crippen LogP contribution in [0.4, 0.5) is 0 Å². The standard InChI is InChI=1S/C12H21NO/c1-2-4-12(3-1)13-8-5-11-6-9-14-10-7-11/h6,12-13H,1-5,7-10H2. The van der Waals surface area contributed by atoms with Crippen LogP contribution < -0.4 is 5.32 Å². The van der Waals surface area contributed by atoms with Gasteiger partial charge in [0.25, 0.3) is 0 Å². The first kappa shape index (κ1) is 10.2. The van der Waals surface area contributed by atoms with E-state index >= 15 is 0 Å². The Kier molecular flexibility index (Phi) is 4.02. The zero-order valence-electron chi connectivity index (χ0n) is 8.93. The highest BCUT2D eigenvalue weighted by Gasteiger charge is 2.13. The molecular weight excluding hydrogens is 174 g/mol. The summed E-state index contributed by atoms with van der Waals surface area (Å²) in [4.78, 5) is 0. The molecule has 2 nitrogen and oxygen atoms in total. The topological polar surface area (TPSA) is 21.3 Å². The summed E-state index contributed by atoms with van der Waals surface area (Å²) in [6, 6.07) is 0.815. The van der Waals surface area contributed by atoms with Gasteiger partial charge in [0.1, 0.15) is 0 Å². The molecule has 2 aliphatic rings. The summed E-state index contributed by atoms with van der Waals surface area (Å²) in [6.45, 7) is 2.92. The van der Waals surface area contributed by atoms with E-state index in [0.29, 0.717) is 0 Å². The first-order valence-electron chi connectivity index (χ1n) is 5.94. The van der Waals surface area contributed by atoms with E-state index in [1.165, 1.54) is 32.1 Å². The van der Waals surface area contributed by atoms with Crippen molar-refractivity contribution < 1.29 is 4.74 Å².